The summed E-state index contributed by atoms with van der Waals surface area (Å²) in [6, 6.07) is 8.08. The molecule has 162 valence electrons. The third kappa shape index (κ3) is 7.92. The standard InChI is InChI=1S/C20H31F3N6/c1-4-24-19(25-11-7-13-28(3)15-20(21,22)23)26-12-8-14-29-16(2)27-17-9-5-6-10-18(17)29/h5-6,9-10H,4,7-8,11-15H2,1-3H3,(H2,24,25,26). The Morgan fingerprint density at radius 2 is 1.97 bits per heavy atom. The van der Waals surface area contributed by atoms with E-state index < -0.39 is 12.7 Å². The highest BCUT2D eigenvalue weighted by Crippen LogP contribution is 2.16. The van der Waals surface area contributed by atoms with E-state index in [0.29, 0.717) is 32.0 Å². The van der Waals surface area contributed by atoms with Crippen molar-refractivity contribution in [2.24, 2.45) is 4.99 Å². The summed E-state index contributed by atoms with van der Waals surface area (Å²) in [5.74, 6) is 1.68. The van der Waals surface area contributed by atoms with Crippen LogP contribution in [0.1, 0.15) is 25.6 Å². The van der Waals surface area contributed by atoms with Crippen LogP contribution >= 0.6 is 0 Å². The van der Waals surface area contributed by atoms with Crippen LogP contribution in [0.2, 0.25) is 0 Å². The lowest BCUT2D eigenvalue weighted by Gasteiger charge is -2.19. The molecule has 1 aromatic heterocycles. The first-order valence-electron chi connectivity index (χ1n) is 9.99. The third-order valence-electron chi connectivity index (χ3n) is 4.46. The average molecular weight is 413 g/mol. The minimum absolute atomic E-state index is 0.374. The lowest BCUT2D eigenvalue weighted by atomic mass is 10.3. The lowest BCUT2D eigenvalue weighted by molar-refractivity contribution is -0.143. The second-order valence-electron chi connectivity index (χ2n) is 7.05. The highest BCUT2D eigenvalue weighted by molar-refractivity contribution is 5.79. The van der Waals surface area contributed by atoms with Gasteiger partial charge in [-0.15, -0.1) is 0 Å². The van der Waals surface area contributed by atoms with Gasteiger partial charge in [0, 0.05) is 26.2 Å². The average Bonchev–Trinajstić information content (AvgIpc) is 2.96. The summed E-state index contributed by atoms with van der Waals surface area (Å²) in [5, 5.41) is 6.36. The first-order valence-corrected chi connectivity index (χ1v) is 9.99. The van der Waals surface area contributed by atoms with Crippen molar-refractivity contribution in [1.29, 1.82) is 0 Å². The van der Waals surface area contributed by atoms with E-state index in [0.717, 1.165) is 36.4 Å². The molecular weight excluding hydrogens is 381 g/mol. The Hall–Kier alpha value is -2.29. The quantitative estimate of drug-likeness (QED) is 0.358. The summed E-state index contributed by atoms with van der Waals surface area (Å²) in [4.78, 5) is 10.4. The van der Waals surface area contributed by atoms with Crippen LogP contribution in [0.4, 0.5) is 13.2 Å². The number of para-hydroxylation sites is 2. The zero-order valence-electron chi connectivity index (χ0n) is 17.4. The summed E-state index contributed by atoms with van der Waals surface area (Å²) in [5.41, 5.74) is 2.13. The van der Waals surface area contributed by atoms with Crippen molar-refractivity contribution in [2.45, 2.75) is 39.4 Å². The predicted molar refractivity (Wildman–Crippen MR) is 111 cm³/mol. The topological polar surface area (TPSA) is 57.5 Å². The van der Waals surface area contributed by atoms with Gasteiger partial charge in [-0.2, -0.15) is 13.2 Å². The number of imidazole rings is 1. The second-order valence-corrected chi connectivity index (χ2v) is 7.05. The molecule has 0 saturated carbocycles. The summed E-state index contributed by atoms with van der Waals surface area (Å²) in [6.45, 7) is 6.25. The molecule has 0 spiro atoms. The zero-order chi connectivity index (χ0) is 21.3. The molecule has 0 aliphatic carbocycles. The zero-order valence-corrected chi connectivity index (χ0v) is 17.4. The second kappa shape index (κ2) is 11.0. The molecule has 0 aliphatic heterocycles. The van der Waals surface area contributed by atoms with E-state index >= 15 is 0 Å². The van der Waals surface area contributed by atoms with Crippen LogP contribution in [0.15, 0.2) is 29.3 Å². The van der Waals surface area contributed by atoms with Crippen molar-refractivity contribution in [1.82, 2.24) is 25.1 Å². The summed E-state index contributed by atoms with van der Waals surface area (Å²) >= 11 is 0. The smallest absolute Gasteiger partial charge is 0.357 e. The van der Waals surface area contributed by atoms with Crippen LogP contribution in [0.3, 0.4) is 0 Å². The number of aromatic nitrogens is 2. The Labute approximate surface area is 170 Å². The molecule has 0 radical (unpaired) electrons. The van der Waals surface area contributed by atoms with E-state index in [2.05, 4.69) is 31.2 Å². The molecule has 9 heteroatoms. The molecule has 6 nitrogen and oxygen atoms in total. The maximum Gasteiger partial charge on any atom is 0.401 e. The van der Waals surface area contributed by atoms with Crippen LogP contribution in [-0.2, 0) is 6.54 Å². The number of fused-ring (bicyclic) bond motifs is 1. The van der Waals surface area contributed by atoms with Gasteiger partial charge in [0.2, 0.25) is 0 Å². The molecule has 0 aliphatic rings. The van der Waals surface area contributed by atoms with Crippen molar-refractivity contribution in [3.8, 4) is 0 Å². The molecule has 0 bridgehead atoms. The molecule has 0 saturated heterocycles. The van der Waals surface area contributed by atoms with Crippen LogP contribution in [0, 0.1) is 6.92 Å². The molecule has 1 heterocycles. The monoisotopic (exact) mass is 412 g/mol. The van der Waals surface area contributed by atoms with E-state index in [-0.39, 0.29) is 0 Å². The van der Waals surface area contributed by atoms with Gasteiger partial charge in [0.15, 0.2) is 5.96 Å². The molecule has 29 heavy (non-hydrogen) atoms. The lowest BCUT2D eigenvalue weighted by Crippen LogP contribution is -2.39. The maximum atomic E-state index is 12.3. The fraction of sp³-hybridized carbons (Fsp3) is 0.600. The van der Waals surface area contributed by atoms with Crippen molar-refractivity contribution >= 4 is 17.0 Å². The molecule has 1 aromatic carbocycles. The van der Waals surface area contributed by atoms with E-state index in [1.807, 2.05) is 32.0 Å². The van der Waals surface area contributed by atoms with Gasteiger partial charge in [-0.3, -0.25) is 9.89 Å². The Morgan fingerprint density at radius 3 is 2.69 bits per heavy atom. The number of benzene rings is 1. The van der Waals surface area contributed by atoms with Crippen LogP contribution in [0.5, 0.6) is 0 Å². The summed E-state index contributed by atoms with van der Waals surface area (Å²) < 4.78 is 39.2. The van der Waals surface area contributed by atoms with Crippen molar-refractivity contribution < 1.29 is 13.2 Å². The van der Waals surface area contributed by atoms with Gasteiger partial charge in [-0.1, -0.05) is 12.1 Å². The van der Waals surface area contributed by atoms with E-state index in [4.69, 9.17) is 0 Å². The molecule has 0 unspecified atom stereocenters. The third-order valence-corrected chi connectivity index (χ3v) is 4.46. The normalized spacial score (nSPS) is 12.7. The first kappa shape index (κ1) is 23.0. The Kier molecular flexibility index (Phi) is 8.75. The number of nitrogens with one attached hydrogen (secondary N) is 2. The number of rotatable bonds is 10. The Balaban J connectivity index is 1.76. The number of guanidine groups is 1. The number of aryl methyl sites for hydroxylation is 2. The van der Waals surface area contributed by atoms with Gasteiger partial charge in [0.1, 0.15) is 5.82 Å². The van der Waals surface area contributed by atoms with Gasteiger partial charge < -0.3 is 15.2 Å². The highest BCUT2D eigenvalue weighted by atomic mass is 19.4. The van der Waals surface area contributed by atoms with Crippen molar-refractivity contribution in [2.75, 3.05) is 39.8 Å². The number of alkyl halides is 3. The van der Waals surface area contributed by atoms with Gasteiger partial charge in [-0.25, -0.2) is 4.98 Å². The van der Waals surface area contributed by atoms with E-state index in [1.54, 1.807) is 0 Å². The fourth-order valence-electron chi connectivity index (χ4n) is 3.18. The predicted octanol–water partition coefficient (Wildman–Crippen LogP) is 3.17. The molecule has 2 aromatic rings. The minimum atomic E-state index is -4.16. The minimum Gasteiger partial charge on any atom is -0.357 e. The largest absolute Gasteiger partial charge is 0.401 e. The van der Waals surface area contributed by atoms with Crippen LogP contribution < -0.4 is 10.6 Å². The fourth-order valence-corrected chi connectivity index (χ4v) is 3.18. The van der Waals surface area contributed by atoms with Crippen molar-refractivity contribution in [3.05, 3.63) is 30.1 Å². The first-order chi connectivity index (χ1) is 13.8. The number of nitrogens with zero attached hydrogens (tertiary/aromatic N) is 4. The molecular formula is C20H31F3N6. The number of aliphatic imine (C=N–C) groups is 1. The molecule has 0 fully saturated rings. The SMILES string of the molecule is CCNC(=NCCCn1c(C)nc2ccccc21)NCCCN(C)CC(F)(F)F. The van der Waals surface area contributed by atoms with Gasteiger partial charge in [-0.05, 0) is 52.4 Å². The summed E-state index contributed by atoms with van der Waals surface area (Å²) in [7, 11) is 1.48. The molecule has 0 atom stereocenters. The van der Waals surface area contributed by atoms with Gasteiger partial charge >= 0.3 is 6.18 Å². The molecule has 2 N–H and O–H groups in total. The molecule has 0 amide bonds. The summed E-state index contributed by atoms with van der Waals surface area (Å²) in [6.07, 6.45) is -2.68. The van der Waals surface area contributed by atoms with Gasteiger partial charge in [0.25, 0.3) is 0 Å². The van der Waals surface area contributed by atoms with Gasteiger partial charge in [0.05, 0.1) is 17.6 Å². The molecule has 2 rings (SSSR count). The Bertz CT molecular complexity index is 784. The van der Waals surface area contributed by atoms with Crippen LogP contribution in [-0.4, -0.2) is 66.4 Å². The maximum absolute atomic E-state index is 12.3. The number of hydrogen-bond donors (Lipinski definition) is 2. The van der Waals surface area contributed by atoms with E-state index in [1.165, 1.54) is 11.9 Å². The van der Waals surface area contributed by atoms with Crippen LogP contribution in [0.25, 0.3) is 11.0 Å². The Morgan fingerprint density at radius 1 is 1.21 bits per heavy atom. The highest BCUT2D eigenvalue weighted by Gasteiger charge is 2.28. The van der Waals surface area contributed by atoms with Crippen molar-refractivity contribution in [3.63, 3.8) is 0 Å². The number of hydrogen-bond acceptors (Lipinski definition) is 3. The van der Waals surface area contributed by atoms with E-state index in [9.17, 15) is 13.2 Å². The number of halogens is 3.